The summed E-state index contributed by atoms with van der Waals surface area (Å²) in [5, 5.41) is 9.04. The molecule has 0 aliphatic rings. The molecule has 32 heavy (non-hydrogen) atoms. The summed E-state index contributed by atoms with van der Waals surface area (Å²) in [7, 11) is 0. The number of thiophene rings is 1. The maximum Gasteiger partial charge on any atom is 0.276 e. The van der Waals surface area contributed by atoms with Crippen molar-refractivity contribution in [2.24, 2.45) is 0 Å². The molecule has 2 heterocycles. The molecule has 0 aliphatic carbocycles. The molecule has 0 bridgehead atoms. The van der Waals surface area contributed by atoms with Gasteiger partial charge in [0.25, 0.3) is 5.56 Å². The first kappa shape index (κ1) is 22.0. The van der Waals surface area contributed by atoms with Crippen LogP contribution in [0.5, 0.6) is 5.75 Å². The molecular formula is C25H27N3O3S. The van der Waals surface area contributed by atoms with Gasteiger partial charge in [0, 0.05) is 16.6 Å². The Morgan fingerprint density at radius 2 is 1.91 bits per heavy atom. The van der Waals surface area contributed by atoms with Gasteiger partial charge in [-0.3, -0.25) is 9.59 Å². The lowest BCUT2D eigenvalue weighted by Crippen LogP contribution is -2.38. The van der Waals surface area contributed by atoms with Gasteiger partial charge in [-0.2, -0.15) is 5.10 Å². The average molecular weight is 450 g/mol. The fraction of sp³-hybridized carbons (Fsp3) is 0.320. The summed E-state index contributed by atoms with van der Waals surface area (Å²) in [5.74, 6) is 0.600. The Morgan fingerprint density at radius 1 is 1.16 bits per heavy atom. The summed E-state index contributed by atoms with van der Waals surface area (Å²) in [5.41, 5.74) is 1.50. The van der Waals surface area contributed by atoms with E-state index < -0.39 is 6.04 Å². The molecular weight excluding hydrogens is 422 g/mol. The van der Waals surface area contributed by atoms with Crippen LogP contribution in [-0.4, -0.2) is 22.3 Å². The molecule has 1 N–H and O–H groups in total. The SMILES string of the molecule is CCCOc1ccc(CNC(=O)[C@H](CC)n2nc(C)c3sc4ccccc4c3c2=O)cc1. The third kappa shape index (κ3) is 4.25. The summed E-state index contributed by atoms with van der Waals surface area (Å²) in [6.07, 6.45) is 1.42. The van der Waals surface area contributed by atoms with Crippen LogP contribution in [-0.2, 0) is 11.3 Å². The fourth-order valence-corrected chi connectivity index (χ4v) is 4.93. The minimum Gasteiger partial charge on any atom is -0.494 e. The van der Waals surface area contributed by atoms with Crippen LogP contribution >= 0.6 is 11.3 Å². The van der Waals surface area contributed by atoms with Crippen molar-refractivity contribution in [1.29, 1.82) is 0 Å². The number of amides is 1. The lowest BCUT2D eigenvalue weighted by molar-refractivity contribution is -0.125. The highest BCUT2D eigenvalue weighted by molar-refractivity contribution is 7.26. The molecule has 0 unspecified atom stereocenters. The van der Waals surface area contributed by atoms with E-state index >= 15 is 0 Å². The Hall–Kier alpha value is -3.19. The number of rotatable bonds is 8. The molecule has 4 aromatic rings. The highest BCUT2D eigenvalue weighted by Crippen LogP contribution is 2.33. The van der Waals surface area contributed by atoms with Crippen molar-refractivity contribution in [1.82, 2.24) is 15.1 Å². The lowest BCUT2D eigenvalue weighted by Gasteiger charge is -2.18. The van der Waals surface area contributed by atoms with Crippen LogP contribution in [0.2, 0.25) is 0 Å². The summed E-state index contributed by atoms with van der Waals surface area (Å²) in [6, 6.07) is 14.9. The zero-order valence-electron chi connectivity index (χ0n) is 18.6. The summed E-state index contributed by atoms with van der Waals surface area (Å²) < 4.78 is 8.88. The van der Waals surface area contributed by atoms with Gasteiger partial charge >= 0.3 is 0 Å². The molecule has 0 saturated heterocycles. The van der Waals surface area contributed by atoms with E-state index in [9.17, 15) is 9.59 Å². The Labute approximate surface area is 190 Å². The monoisotopic (exact) mass is 449 g/mol. The molecule has 2 aromatic heterocycles. The first-order chi connectivity index (χ1) is 15.5. The van der Waals surface area contributed by atoms with Gasteiger partial charge in [0.15, 0.2) is 0 Å². The van der Waals surface area contributed by atoms with Gasteiger partial charge in [-0.1, -0.05) is 44.2 Å². The molecule has 4 rings (SSSR count). The zero-order valence-corrected chi connectivity index (χ0v) is 19.4. The largest absolute Gasteiger partial charge is 0.494 e. The third-order valence-corrected chi connectivity index (χ3v) is 6.73. The molecule has 0 radical (unpaired) electrons. The van der Waals surface area contributed by atoms with Crippen molar-refractivity contribution in [2.75, 3.05) is 6.61 Å². The van der Waals surface area contributed by atoms with Gasteiger partial charge in [0.1, 0.15) is 11.8 Å². The van der Waals surface area contributed by atoms with Crippen LogP contribution in [0.1, 0.15) is 44.0 Å². The molecule has 1 atom stereocenters. The molecule has 2 aromatic carbocycles. The minimum absolute atomic E-state index is 0.216. The van der Waals surface area contributed by atoms with Crippen LogP contribution in [0.4, 0.5) is 0 Å². The van der Waals surface area contributed by atoms with E-state index in [0.717, 1.165) is 38.2 Å². The molecule has 0 spiro atoms. The van der Waals surface area contributed by atoms with Crippen molar-refractivity contribution in [3.8, 4) is 5.75 Å². The number of hydrogen-bond donors (Lipinski definition) is 1. The molecule has 1 amide bonds. The Morgan fingerprint density at radius 3 is 2.62 bits per heavy atom. The number of ether oxygens (including phenoxy) is 1. The van der Waals surface area contributed by atoms with Crippen molar-refractivity contribution >= 4 is 37.4 Å². The molecule has 0 fully saturated rings. The number of aromatic nitrogens is 2. The normalized spacial score (nSPS) is 12.2. The first-order valence-corrected chi connectivity index (χ1v) is 11.7. The standard InChI is InChI=1S/C25H27N3O3S/c1-4-14-31-18-12-10-17(11-13-18)15-26-24(29)20(5-2)28-25(30)22-19-8-6-7-9-21(19)32-23(22)16(3)27-28/h6-13,20H,4-5,14-15H2,1-3H3,(H,26,29)/t20-/m0/s1. The van der Waals surface area contributed by atoms with Crippen LogP contribution in [0.25, 0.3) is 20.2 Å². The van der Waals surface area contributed by atoms with E-state index in [1.54, 1.807) is 11.3 Å². The topological polar surface area (TPSA) is 73.2 Å². The van der Waals surface area contributed by atoms with Crippen molar-refractivity contribution < 1.29 is 9.53 Å². The van der Waals surface area contributed by atoms with E-state index in [1.807, 2.05) is 62.4 Å². The van der Waals surface area contributed by atoms with Gasteiger partial charge in [-0.15, -0.1) is 11.3 Å². The minimum atomic E-state index is -0.670. The second-order valence-electron chi connectivity index (χ2n) is 7.77. The van der Waals surface area contributed by atoms with Crippen molar-refractivity contribution in [3.05, 3.63) is 70.1 Å². The molecule has 6 nitrogen and oxygen atoms in total. The van der Waals surface area contributed by atoms with Crippen molar-refractivity contribution in [2.45, 2.75) is 46.2 Å². The first-order valence-electron chi connectivity index (χ1n) is 10.9. The van der Waals surface area contributed by atoms with E-state index in [4.69, 9.17) is 4.74 Å². The number of fused-ring (bicyclic) bond motifs is 3. The zero-order chi connectivity index (χ0) is 22.7. The Balaban J connectivity index is 1.58. The second kappa shape index (κ2) is 9.53. The molecule has 0 saturated carbocycles. The van der Waals surface area contributed by atoms with Crippen LogP contribution in [0, 0.1) is 6.92 Å². The third-order valence-electron chi connectivity index (χ3n) is 5.45. The van der Waals surface area contributed by atoms with Crippen molar-refractivity contribution in [3.63, 3.8) is 0 Å². The van der Waals surface area contributed by atoms with Gasteiger partial charge in [0.2, 0.25) is 5.91 Å². The van der Waals surface area contributed by atoms with E-state index in [-0.39, 0.29) is 11.5 Å². The number of carbonyl (C=O) groups excluding carboxylic acids is 1. The summed E-state index contributed by atoms with van der Waals surface area (Å²) in [6.45, 7) is 6.90. The quantitative estimate of drug-likeness (QED) is 0.412. The number of carbonyl (C=O) groups is 1. The second-order valence-corrected chi connectivity index (χ2v) is 8.82. The Bertz CT molecular complexity index is 1310. The Kier molecular flexibility index (Phi) is 6.55. The highest BCUT2D eigenvalue weighted by Gasteiger charge is 2.24. The fourth-order valence-electron chi connectivity index (χ4n) is 3.79. The molecule has 0 aliphatic heterocycles. The lowest BCUT2D eigenvalue weighted by atomic mass is 10.1. The average Bonchev–Trinajstić information content (AvgIpc) is 3.21. The van der Waals surface area contributed by atoms with Gasteiger partial charge in [-0.05, 0) is 43.5 Å². The van der Waals surface area contributed by atoms with Crippen LogP contribution in [0.15, 0.2) is 53.3 Å². The van der Waals surface area contributed by atoms with Crippen LogP contribution in [0.3, 0.4) is 0 Å². The van der Waals surface area contributed by atoms with E-state index in [1.165, 1.54) is 4.68 Å². The van der Waals surface area contributed by atoms with Gasteiger partial charge < -0.3 is 10.1 Å². The van der Waals surface area contributed by atoms with E-state index in [0.29, 0.717) is 25.0 Å². The highest BCUT2D eigenvalue weighted by atomic mass is 32.1. The number of hydrogen-bond acceptors (Lipinski definition) is 5. The predicted molar refractivity (Wildman–Crippen MR) is 130 cm³/mol. The predicted octanol–water partition coefficient (Wildman–Crippen LogP) is 4.98. The van der Waals surface area contributed by atoms with E-state index in [2.05, 4.69) is 17.3 Å². The summed E-state index contributed by atoms with van der Waals surface area (Å²) in [4.78, 5) is 26.4. The molecule has 166 valence electrons. The number of benzene rings is 2. The maximum absolute atomic E-state index is 13.4. The molecule has 7 heteroatoms. The number of aryl methyl sites for hydroxylation is 1. The smallest absolute Gasteiger partial charge is 0.276 e. The van der Waals surface area contributed by atoms with Gasteiger partial charge in [-0.25, -0.2) is 4.68 Å². The van der Waals surface area contributed by atoms with Gasteiger partial charge in [0.05, 0.1) is 22.4 Å². The number of nitrogens with one attached hydrogen (secondary N) is 1. The number of nitrogens with zero attached hydrogens (tertiary/aromatic N) is 2. The van der Waals surface area contributed by atoms with Crippen LogP contribution < -0.4 is 15.6 Å². The maximum atomic E-state index is 13.4. The summed E-state index contributed by atoms with van der Waals surface area (Å²) >= 11 is 1.57.